The van der Waals surface area contributed by atoms with Gasteiger partial charge in [0.15, 0.2) is 0 Å². The molecule has 1 N–H and O–H groups in total. The zero-order valence-corrected chi connectivity index (χ0v) is 10.5. The van der Waals surface area contributed by atoms with Crippen molar-refractivity contribution in [2.24, 2.45) is 0 Å². The number of nitriles is 1. The SMILES string of the molecule is N#Cc1ccc(NCCc2cccc(Cl)c2)cn1. The molecule has 0 saturated carbocycles. The van der Waals surface area contributed by atoms with Crippen molar-refractivity contribution in [3.8, 4) is 6.07 Å². The average Bonchev–Trinajstić information content (AvgIpc) is 2.40. The van der Waals surface area contributed by atoms with Gasteiger partial charge in [-0.15, -0.1) is 0 Å². The topological polar surface area (TPSA) is 48.7 Å². The highest BCUT2D eigenvalue weighted by atomic mass is 35.5. The summed E-state index contributed by atoms with van der Waals surface area (Å²) in [5, 5.41) is 12.6. The number of anilines is 1. The van der Waals surface area contributed by atoms with Crippen molar-refractivity contribution in [1.29, 1.82) is 5.26 Å². The van der Waals surface area contributed by atoms with Gasteiger partial charge in [-0.25, -0.2) is 4.98 Å². The third kappa shape index (κ3) is 3.47. The summed E-state index contributed by atoms with van der Waals surface area (Å²) >= 11 is 5.91. The van der Waals surface area contributed by atoms with E-state index in [2.05, 4.69) is 10.3 Å². The van der Waals surface area contributed by atoms with Crippen molar-refractivity contribution < 1.29 is 0 Å². The number of nitrogens with zero attached hydrogens (tertiary/aromatic N) is 2. The molecule has 0 fully saturated rings. The minimum atomic E-state index is 0.426. The Hall–Kier alpha value is -2.05. The molecule has 0 unspecified atom stereocenters. The summed E-state index contributed by atoms with van der Waals surface area (Å²) in [6.07, 6.45) is 2.55. The number of pyridine rings is 1. The highest BCUT2D eigenvalue weighted by molar-refractivity contribution is 6.30. The lowest BCUT2D eigenvalue weighted by Gasteiger charge is -2.06. The number of aromatic nitrogens is 1. The van der Waals surface area contributed by atoms with Crippen molar-refractivity contribution in [3.05, 3.63) is 58.9 Å². The first-order valence-electron chi connectivity index (χ1n) is 5.62. The number of benzene rings is 1. The molecule has 4 heteroatoms. The second-order valence-electron chi connectivity index (χ2n) is 3.85. The molecule has 0 spiro atoms. The van der Waals surface area contributed by atoms with Crippen LogP contribution in [0.5, 0.6) is 0 Å². The van der Waals surface area contributed by atoms with Gasteiger partial charge in [0.25, 0.3) is 0 Å². The van der Waals surface area contributed by atoms with E-state index in [9.17, 15) is 0 Å². The van der Waals surface area contributed by atoms with Gasteiger partial charge in [0, 0.05) is 11.6 Å². The van der Waals surface area contributed by atoms with Gasteiger partial charge in [0.1, 0.15) is 11.8 Å². The van der Waals surface area contributed by atoms with Crippen LogP contribution in [0.25, 0.3) is 0 Å². The van der Waals surface area contributed by atoms with Gasteiger partial charge < -0.3 is 5.32 Å². The summed E-state index contributed by atoms with van der Waals surface area (Å²) in [6, 6.07) is 13.3. The fraction of sp³-hybridized carbons (Fsp3) is 0.143. The predicted octanol–water partition coefficient (Wildman–Crippen LogP) is 3.26. The lowest BCUT2D eigenvalue weighted by molar-refractivity contribution is 1.02. The normalized spacial score (nSPS) is 9.78. The van der Waals surface area contributed by atoms with E-state index in [1.165, 1.54) is 5.56 Å². The molecule has 0 amide bonds. The monoisotopic (exact) mass is 257 g/mol. The third-order valence-electron chi connectivity index (χ3n) is 2.51. The van der Waals surface area contributed by atoms with Crippen molar-refractivity contribution in [2.45, 2.75) is 6.42 Å². The number of hydrogen-bond donors (Lipinski definition) is 1. The summed E-state index contributed by atoms with van der Waals surface area (Å²) in [5.74, 6) is 0. The Labute approximate surface area is 111 Å². The van der Waals surface area contributed by atoms with Crippen LogP contribution in [0, 0.1) is 11.3 Å². The van der Waals surface area contributed by atoms with Gasteiger partial charge in [0.2, 0.25) is 0 Å². The van der Waals surface area contributed by atoms with Crippen molar-refractivity contribution in [3.63, 3.8) is 0 Å². The quantitative estimate of drug-likeness (QED) is 0.915. The second-order valence-corrected chi connectivity index (χ2v) is 4.29. The third-order valence-corrected chi connectivity index (χ3v) is 2.74. The number of nitrogens with one attached hydrogen (secondary N) is 1. The van der Waals surface area contributed by atoms with Gasteiger partial charge in [0.05, 0.1) is 11.9 Å². The first kappa shape index (κ1) is 12.4. The van der Waals surface area contributed by atoms with Crippen LogP contribution in [0.3, 0.4) is 0 Å². The van der Waals surface area contributed by atoms with Gasteiger partial charge >= 0.3 is 0 Å². The lowest BCUT2D eigenvalue weighted by atomic mass is 10.1. The molecular weight excluding hydrogens is 246 g/mol. The fourth-order valence-electron chi connectivity index (χ4n) is 1.61. The summed E-state index contributed by atoms with van der Waals surface area (Å²) in [5.41, 5.74) is 2.53. The highest BCUT2D eigenvalue weighted by Crippen LogP contribution is 2.11. The van der Waals surface area contributed by atoms with Crippen molar-refractivity contribution in [1.82, 2.24) is 4.98 Å². The summed E-state index contributed by atoms with van der Waals surface area (Å²) in [6.45, 7) is 0.800. The molecular formula is C14H12ClN3. The van der Waals surface area contributed by atoms with E-state index in [-0.39, 0.29) is 0 Å². The van der Waals surface area contributed by atoms with Gasteiger partial charge in [-0.3, -0.25) is 0 Å². The number of halogens is 1. The van der Waals surface area contributed by atoms with E-state index in [4.69, 9.17) is 16.9 Å². The Bertz CT molecular complexity index is 558. The zero-order chi connectivity index (χ0) is 12.8. The molecule has 3 nitrogen and oxygen atoms in total. The molecule has 0 bridgehead atoms. The Kier molecular flexibility index (Phi) is 4.16. The lowest BCUT2D eigenvalue weighted by Crippen LogP contribution is -2.05. The first-order valence-corrected chi connectivity index (χ1v) is 6.00. The largest absolute Gasteiger partial charge is 0.383 e. The maximum atomic E-state index is 8.63. The van der Waals surface area contributed by atoms with Crippen LogP contribution in [-0.4, -0.2) is 11.5 Å². The molecule has 1 aromatic heterocycles. The minimum absolute atomic E-state index is 0.426. The molecule has 0 saturated heterocycles. The number of rotatable bonds is 4. The Morgan fingerprint density at radius 3 is 2.83 bits per heavy atom. The van der Waals surface area contributed by atoms with Crippen LogP contribution in [-0.2, 0) is 6.42 Å². The molecule has 1 aromatic carbocycles. The average molecular weight is 258 g/mol. The summed E-state index contributed by atoms with van der Waals surface area (Å²) in [4.78, 5) is 3.99. The molecule has 0 atom stereocenters. The molecule has 18 heavy (non-hydrogen) atoms. The van der Waals surface area contributed by atoms with E-state index in [0.29, 0.717) is 5.69 Å². The second kappa shape index (κ2) is 6.04. The van der Waals surface area contributed by atoms with Crippen molar-refractivity contribution in [2.75, 3.05) is 11.9 Å². The van der Waals surface area contributed by atoms with E-state index in [0.717, 1.165) is 23.7 Å². The molecule has 90 valence electrons. The fourth-order valence-corrected chi connectivity index (χ4v) is 1.82. The van der Waals surface area contributed by atoms with Crippen LogP contribution in [0.2, 0.25) is 5.02 Å². The molecule has 2 aromatic rings. The number of hydrogen-bond acceptors (Lipinski definition) is 3. The Balaban J connectivity index is 1.86. The Morgan fingerprint density at radius 1 is 1.28 bits per heavy atom. The van der Waals surface area contributed by atoms with Crippen LogP contribution in [0.15, 0.2) is 42.6 Å². The van der Waals surface area contributed by atoms with Crippen LogP contribution < -0.4 is 5.32 Å². The van der Waals surface area contributed by atoms with Crippen LogP contribution in [0.1, 0.15) is 11.3 Å². The van der Waals surface area contributed by atoms with E-state index >= 15 is 0 Å². The van der Waals surface area contributed by atoms with Gasteiger partial charge in [-0.05, 0) is 36.2 Å². The molecule has 0 radical (unpaired) electrons. The predicted molar refractivity (Wildman–Crippen MR) is 72.6 cm³/mol. The van der Waals surface area contributed by atoms with E-state index in [1.54, 1.807) is 12.3 Å². The van der Waals surface area contributed by atoms with Crippen LogP contribution in [0.4, 0.5) is 5.69 Å². The van der Waals surface area contributed by atoms with Gasteiger partial charge in [-0.2, -0.15) is 5.26 Å². The summed E-state index contributed by atoms with van der Waals surface area (Å²) < 4.78 is 0. The zero-order valence-electron chi connectivity index (χ0n) is 9.73. The maximum Gasteiger partial charge on any atom is 0.140 e. The summed E-state index contributed by atoms with van der Waals surface area (Å²) in [7, 11) is 0. The van der Waals surface area contributed by atoms with E-state index in [1.807, 2.05) is 36.4 Å². The smallest absolute Gasteiger partial charge is 0.140 e. The van der Waals surface area contributed by atoms with Crippen molar-refractivity contribution >= 4 is 17.3 Å². The Morgan fingerprint density at radius 2 is 2.17 bits per heavy atom. The highest BCUT2D eigenvalue weighted by Gasteiger charge is 1.96. The van der Waals surface area contributed by atoms with E-state index < -0.39 is 0 Å². The maximum absolute atomic E-state index is 8.63. The molecule has 0 aliphatic carbocycles. The molecule has 2 rings (SSSR count). The van der Waals surface area contributed by atoms with Crippen LogP contribution >= 0.6 is 11.6 Å². The molecule has 0 aliphatic heterocycles. The minimum Gasteiger partial charge on any atom is -0.383 e. The van der Waals surface area contributed by atoms with Gasteiger partial charge in [-0.1, -0.05) is 23.7 Å². The standard InChI is InChI=1S/C14H12ClN3/c15-12-3-1-2-11(8-12)6-7-17-14-5-4-13(9-16)18-10-14/h1-5,8,10,17H,6-7H2. The first-order chi connectivity index (χ1) is 8.78. The molecule has 1 heterocycles. The molecule has 0 aliphatic rings.